The van der Waals surface area contributed by atoms with Crippen LogP contribution in [-0.2, 0) is 57.6 Å². The van der Waals surface area contributed by atoms with Crippen LogP contribution in [-0.4, -0.2) is 100 Å². The molecule has 0 bridgehead atoms. The van der Waals surface area contributed by atoms with E-state index in [4.69, 9.17) is 16.2 Å². The standard InChI is InChI=1S/C48H64N8O10/c1-5-11-40(60)52-37(25-30-12-8-7-9-13-30)44(62)56-42-29(4)66-47(65)41(28(3)6-2)55-45(63)38(26-32-17-21-35(58)22-18-32)54-43(61)33(14-10-23-51-48(49)50)27-39(59)36(53-46(42)64)24-31-15-19-34(57)20-16-31/h7-9,12-13,15-22,28-29,33,36-38,41-42,57-58H,5-6,10-11,14,23-27H2,1-4H3,(H,52,60)(H,53,64)(H,54,61)(H,55,63)(H,56,62)(H4,49,50,51)/t28-,29+,33+,36+,37+,38+,41-,42-/m0/s1. The number of phenolic OH excluding ortho intramolecular Hbond substituents is 2. The summed E-state index contributed by atoms with van der Waals surface area (Å²) in [6.45, 7) is 6.84. The molecular formula is C48H64N8O10. The van der Waals surface area contributed by atoms with Crippen LogP contribution in [0.3, 0.4) is 0 Å². The van der Waals surface area contributed by atoms with Crippen LogP contribution in [0, 0.1) is 11.8 Å². The number of hydrogen-bond donors (Lipinski definition) is 9. The van der Waals surface area contributed by atoms with Crippen LogP contribution in [0.25, 0.3) is 0 Å². The maximum absolute atomic E-state index is 14.6. The quantitative estimate of drug-likeness (QED) is 0.0407. The minimum Gasteiger partial charge on any atom is -0.508 e. The first kappa shape index (κ1) is 51.7. The van der Waals surface area contributed by atoms with Crippen LogP contribution < -0.4 is 38.1 Å². The molecular weight excluding hydrogens is 849 g/mol. The second-order valence-electron chi connectivity index (χ2n) is 16.7. The Hall–Kier alpha value is -6.98. The van der Waals surface area contributed by atoms with Gasteiger partial charge >= 0.3 is 5.97 Å². The molecule has 11 N–H and O–H groups in total. The lowest BCUT2D eigenvalue weighted by atomic mass is 9.90. The van der Waals surface area contributed by atoms with Crippen molar-refractivity contribution in [3.8, 4) is 11.5 Å². The summed E-state index contributed by atoms with van der Waals surface area (Å²) in [5, 5.41) is 33.7. The first-order valence-electron chi connectivity index (χ1n) is 22.4. The maximum atomic E-state index is 14.6. The summed E-state index contributed by atoms with van der Waals surface area (Å²) in [5.74, 6) is -6.89. The largest absolute Gasteiger partial charge is 0.508 e. The number of ether oxygens (including phenoxy) is 1. The van der Waals surface area contributed by atoms with Gasteiger partial charge in [-0.05, 0) is 79.5 Å². The number of aromatic hydroxyl groups is 2. The Morgan fingerprint density at radius 1 is 0.803 bits per heavy atom. The number of benzene rings is 3. The lowest BCUT2D eigenvalue weighted by molar-refractivity contribution is -0.157. The van der Waals surface area contributed by atoms with Crippen LogP contribution in [0.4, 0.5) is 0 Å². The van der Waals surface area contributed by atoms with Gasteiger partial charge in [0.2, 0.25) is 29.5 Å². The van der Waals surface area contributed by atoms with E-state index in [1.807, 2.05) is 6.92 Å². The van der Waals surface area contributed by atoms with Gasteiger partial charge in [-0.25, -0.2) is 4.79 Å². The van der Waals surface area contributed by atoms with Crippen molar-refractivity contribution in [2.45, 2.75) is 122 Å². The molecule has 1 saturated heterocycles. The van der Waals surface area contributed by atoms with Crippen molar-refractivity contribution in [1.82, 2.24) is 26.6 Å². The van der Waals surface area contributed by atoms with Crippen LogP contribution in [0.5, 0.6) is 11.5 Å². The molecule has 0 aliphatic carbocycles. The van der Waals surface area contributed by atoms with Gasteiger partial charge in [0, 0.05) is 38.1 Å². The monoisotopic (exact) mass is 912 g/mol. The lowest BCUT2D eigenvalue weighted by Gasteiger charge is -2.32. The molecule has 4 rings (SSSR count). The van der Waals surface area contributed by atoms with Crippen LogP contribution in [0.2, 0.25) is 0 Å². The summed E-state index contributed by atoms with van der Waals surface area (Å²) in [4.78, 5) is 103. The number of phenols is 2. The number of nitrogens with two attached hydrogens (primary N) is 2. The maximum Gasteiger partial charge on any atom is 0.329 e. The molecule has 1 fully saturated rings. The van der Waals surface area contributed by atoms with Crippen molar-refractivity contribution in [3.63, 3.8) is 0 Å². The number of ketones is 1. The Bertz CT molecular complexity index is 2150. The second kappa shape index (κ2) is 25.5. The van der Waals surface area contributed by atoms with Crippen LogP contribution in [0.15, 0.2) is 83.9 Å². The van der Waals surface area contributed by atoms with E-state index >= 15 is 0 Å². The summed E-state index contributed by atoms with van der Waals surface area (Å²) in [6, 6.07) is 14.1. The van der Waals surface area contributed by atoms with E-state index in [2.05, 4.69) is 31.6 Å². The molecule has 0 radical (unpaired) electrons. The summed E-state index contributed by atoms with van der Waals surface area (Å²) in [5.41, 5.74) is 12.9. The highest BCUT2D eigenvalue weighted by Crippen LogP contribution is 2.21. The zero-order valence-electron chi connectivity index (χ0n) is 38.0. The van der Waals surface area contributed by atoms with Crippen molar-refractivity contribution in [1.29, 1.82) is 0 Å². The minimum absolute atomic E-state index is 0.0188. The van der Waals surface area contributed by atoms with E-state index in [-0.39, 0.29) is 62.5 Å². The Kier molecular flexibility index (Phi) is 20.0. The fourth-order valence-electron chi connectivity index (χ4n) is 7.45. The van der Waals surface area contributed by atoms with Gasteiger partial charge < -0.3 is 53.0 Å². The number of carbonyl (C=O) groups excluding carboxylic acids is 7. The third-order valence-corrected chi connectivity index (χ3v) is 11.4. The summed E-state index contributed by atoms with van der Waals surface area (Å²) >= 11 is 0. The van der Waals surface area contributed by atoms with Crippen molar-refractivity contribution < 1.29 is 48.5 Å². The number of hydrogen-bond acceptors (Lipinski definition) is 11. The van der Waals surface area contributed by atoms with Gasteiger partial charge in [-0.2, -0.15) is 0 Å². The number of guanidine groups is 1. The molecule has 8 atom stereocenters. The first-order chi connectivity index (χ1) is 31.5. The molecule has 18 nitrogen and oxygen atoms in total. The molecule has 356 valence electrons. The SMILES string of the molecule is CCCC(=O)N[C@H](Cc1ccccc1)C(=O)N[C@@H]1C(=O)N[C@H](Cc2ccc(O)cc2)C(=O)C[C@@H](CCCN=C(N)N)C(=O)N[C@H](Cc2ccc(O)cc2)C(=O)N[C@@H]([C@@H](C)CC)C(=O)O[C@@H]1C. The fraction of sp³-hybridized carbons (Fsp3) is 0.458. The molecule has 0 unspecified atom stereocenters. The predicted molar refractivity (Wildman–Crippen MR) is 246 cm³/mol. The van der Waals surface area contributed by atoms with E-state index in [1.54, 1.807) is 68.4 Å². The average molecular weight is 913 g/mol. The normalized spacial score (nSPS) is 21.8. The number of cyclic esters (lactones) is 1. The molecule has 1 aliphatic rings. The van der Waals surface area contributed by atoms with E-state index < -0.39 is 95.9 Å². The Balaban J connectivity index is 1.83. The number of nitrogens with zero attached hydrogens (tertiary/aromatic N) is 1. The predicted octanol–water partition coefficient (Wildman–Crippen LogP) is 1.97. The number of nitrogens with one attached hydrogen (secondary N) is 5. The van der Waals surface area contributed by atoms with Gasteiger partial charge in [0.05, 0.1) is 6.04 Å². The highest BCUT2D eigenvalue weighted by atomic mass is 16.5. The molecule has 0 spiro atoms. The molecule has 0 saturated carbocycles. The molecule has 1 aliphatic heterocycles. The zero-order valence-corrected chi connectivity index (χ0v) is 38.0. The van der Waals surface area contributed by atoms with Crippen molar-refractivity contribution in [2.24, 2.45) is 28.3 Å². The number of Topliss-reactive ketones (excluding diaryl/α,β-unsaturated/α-hetero) is 1. The number of aliphatic imine (C=N–C) groups is 1. The third kappa shape index (κ3) is 16.2. The smallest absolute Gasteiger partial charge is 0.329 e. The zero-order chi connectivity index (χ0) is 48.3. The topological polar surface area (TPSA) is 294 Å². The fourth-order valence-corrected chi connectivity index (χ4v) is 7.45. The highest BCUT2D eigenvalue weighted by molar-refractivity contribution is 5.98. The molecule has 3 aromatic carbocycles. The van der Waals surface area contributed by atoms with Crippen LogP contribution >= 0.6 is 0 Å². The summed E-state index contributed by atoms with van der Waals surface area (Å²) in [6.07, 6.45) is -0.635. The summed E-state index contributed by atoms with van der Waals surface area (Å²) in [7, 11) is 0. The minimum atomic E-state index is -1.65. The van der Waals surface area contributed by atoms with Gasteiger partial charge in [0.1, 0.15) is 41.8 Å². The Labute approximate surface area is 385 Å². The molecule has 0 aromatic heterocycles. The average Bonchev–Trinajstić information content (AvgIpc) is 3.28. The van der Waals surface area contributed by atoms with Gasteiger partial charge in [-0.1, -0.05) is 81.8 Å². The first-order valence-corrected chi connectivity index (χ1v) is 22.4. The van der Waals surface area contributed by atoms with Gasteiger partial charge in [0.25, 0.3) is 0 Å². The van der Waals surface area contributed by atoms with Crippen molar-refractivity contribution >= 4 is 47.2 Å². The number of carbonyl (C=O) groups is 7. The number of rotatable bonds is 17. The number of esters is 1. The molecule has 5 amide bonds. The Morgan fingerprint density at radius 3 is 1.97 bits per heavy atom. The molecule has 3 aromatic rings. The van der Waals surface area contributed by atoms with E-state index in [0.717, 1.165) is 0 Å². The molecule has 66 heavy (non-hydrogen) atoms. The lowest BCUT2D eigenvalue weighted by Crippen LogP contribution is -2.61. The van der Waals surface area contributed by atoms with Crippen molar-refractivity contribution in [3.05, 3.63) is 95.6 Å². The van der Waals surface area contributed by atoms with Crippen LogP contribution in [0.1, 0.15) is 82.9 Å². The second-order valence-corrected chi connectivity index (χ2v) is 16.7. The molecule has 1 heterocycles. The third-order valence-electron chi connectivity index (χ3n) is 11.4. The van der Waals surface area contributed by atoms with Crippen molar-refractivity contribution in [2.75, 3.05) is 6.54 Å². The van der Waals surface area contributed by atoms with Gasteiger partial charge in [-0.3, -0.25) is 33.8 Å². The van der Waals surface area contributed by atoms with Gasteiger partial charge in [-0.15, -0.1) is 0 Å². The summed E-state index contributed by atoms with van der Waals surface area (Å²) < 4.78 is 5.93. The number of amides is 5. The van der Waals surface area contributed by atoms with E-state index in [0.29, 0.717) is 29.5 Å². The highest BCUT2D eigenvalue weighted by Gasteiger charge is 2.39. The van der Waals surface area contributed by atoms with E-state index in [9.17, 15) is 43.8 Å². The van der Waals surface area contributed by atoms with Gasteiger partial charge in [0.15, 0.2) is 11.7 Å². The Morgan fingerprint density at radius 2 is 1.39 bits per heavy atom. The molecule has 18 heteroatoms. The van der Waals surface area contributed by atoms with E-state index in [1.165, 1.54) is 31.2 Å².